The maximum atomic E-state index is 2.44. The van der Waals surface area contributed by atoms with Gasteiger partial charge >= 0.3 is 0 Å². The van der Waals surface area contributed by atoms with Crippen LogP contribution in [-0.2, 0) is 0 Å². The lowest BCUT2D eigenvalue weighted by Gasteiger charge is -2.16. The predicted molar refractivity (Wildman–Crippen MR) is 211 cm³/mol. The Balaban J connectivity index is 1.25. The number of para-hydroxylation sites is 2. The van der Waals surface area contributed by atoms with Crippen molar-refractivity contribution in [2.45, 2.75) is 0 Å². The average molecular weight is 637 g/mol. The second-order valence-electron chi connectivity index (χ2n) is 13.0. The molecule has 0 N–H and O–H groups in total. The second-order valence-corrected chi connectivity index (χ2v) is 13.0. The zero-order chi connectivity index (χ0) is 33.0. The summed E-state index contributed by atoms with van der Waals surface area (Å²) in [5, 5.41) is 4.99. The van der Waals surface area contributed by atoms with Gasteiger partial charge in [-0.25, -0.2) is 0 Å². The summed E-state index contributed by atoms with van der Waals surface area (Å²) < 4.78 is 4.88. The van der Waals surface area contributed by atoms with Gasteiger partial charge in [0.1, 0.15) is 0 Å². The fraction of sp³-hybridized carbons (Fsp3) is 0. The summed E-state index contributed by atoms with van der Waals surface area (Å²) in [6.45, 7) is 0. The van der Waals surface area contributed by atoms with Gasteiger partial charge in [-0.1, -0.05) is 140 Å². The van der Waals surface area contributed by atoms with Crippen molar-refractivity contribution in [3.63, 3.8) is 0 Å². The van der Waals surface area contributed by atoms with Gasteiger partial charge < -0.3 is 9.13 Å². The molecule has 0 aliphatic carbocycles. The molecule has 50 heavy (non-hydrogen) atoms. The summed E-state index contributed by atoms with van der Waals surface area (Å²) in [6.07, 6.45) is 0. The molecule has 2 nitrogen and oxygen atoms in total. The number of aromatic nitrogens is 2. The van der Waals surface area contributed by atoms with Gasteiger partial charge in [-0.3, -0.25) is 0 Å². The lowest BCUT2D eigenvalue weighted by molar-refractivity contribution is 1.13. The molecule has 0 saturated heterocycles. The smallest absolute Gasteiger partial charge is 0.0541 e. The summed E-state index contributed by atoms with van der Waals surface area (Å²) in [5.74, 6) is 0. The molecule has 10 aromatic rings. The molecule has 2 aromatic heterocycles. The van der Waals surface area contributed by atoms with Crippen molar-refractivity contribution >= 4 is 43.6 Å². The minimum absolute atomic E-state index is 1.13. The van der Waals surface area contributed by atoms with Crippen LogP contribution in [0.3, 0.4) is 0 Å². The Morgan fingerprint density at radius 3 is 1.02 bits per heavy atom. The molecule has 0 saturated carbocycles. The fourth-order valence-electron chi connectivity index (χ4n) is 7.77. The summed E-state index contributed by atoms with van der Waals surface area (Å²) >= 11 is 0. The largest absolute Gasteiger partial charge is 0.309 e. The predicted octanol–water partition coefficient (Wildman–Crippen LogP) is 12.9. The first-order chi connectivity index (χ1) is 24.8. The zero-order valence-electron chi connectivity index (χ0n) is 27.4. The van der Waals surface area contributed by atoms with Crippen LogP contribution in [0.25, 0.3) is 88.4 Å². The van der Waals surface area contributed by atoms with Crippen molar-refractivity contribution in [1.82, 2.24) is 9.13 Å². The summed E-state index contributed by atoms with van der Waals surface area (Å²) in [7, 11) is 0. The highest BCUT2D eigenvalue weighted by molar-refractivity contribution is 6.12. The van der Waals surface area contributed by atoms with Gasteiger partial charge in [0.25, 0.3) is 0 Å². The number of hydrogen-bond donors (Lipinski definition) is 0. The van der Waals surface area contributed by atoms with Crippen molar-refractivity contribution in [1.29, 1.82) is 0 Å². The van der Waals surface area contributed by atoms with E-state index in [1.54, 1.807) is 0 Å². The Morgan fingerprint density at radius 2 is 0.580 bits per heavy atom. The van der Waals surface area contributed by atoms with E-state index >= 15 is 0 Å². The van der Waals surface area contributed by atoms with Crippen LogP contribution in [0.2, 0.25) is 0 Å². The molecule has 0 atom stereocenters. The zero-order valence-corrected chi connectivity index (χ0v) is 27.4. The highest BCUT2D eigenvalue weighted by atomic mass is 15.0. The molecule has 0 amide bonds. The number of hydrogen-bond acceptors (Lipinski definition) is 0. The highest BCUT2D eigenvalue weighted by Crippen LogP contribution is 2.39. The molecule has 0 unspecified atom stereocenters. The van der Waals surface area contributed by atoms with E-state index in [0.29, 0.717) is 0 Å². The molecule has 0 bridgehead atoms. The monoisotopic (exact) mass is 636 g/mol. The number of benzene rings is 8. The lowest BCUT2D eigenvalue weighted by Crippen LogP contribution is -2.00. The molecule has 0 aliphatic rings. The maximum absolute atomic E-state index is 2.44. The van der Waals surface area contributed by atoms with E-state index < -0.39 is 0 Å². The SMILES string of the molecule is c1ccc(-c2cc(-n3c4ccccc4c4cc(-c5ccccc5)ccc43)cc(-n3c4ccccc4c4cc(-c5ccccc5)ccc43)c2)cc1. The van der Waals surface area contributed by atoms with Crippen molar-refractivity contribution in [3.05, 3.63) is 194 Å². The van der Waals surface area contributed by atoms with Gasteiger partial charge in [0, 0.05) is 32.9 Å². The minimum atomic E-state index is 1.13. The Bertz CT molecular complexity index is 2670. The van der Waals surface area contributed by atoms with Gasteiger partial charge in [0.15, 0.2) is 0 Å². The Kier molecular flexibility index (Phi) is 6.53. The molecule has 0 aliphatic heterocycles. The molecule has 8 aromatic carbocycles. The van der Waals surface area contributed by atoms with E-state index in [4.69, 9.17) is 0 Å². The van der Waals surface area contributed by atoms with Crippen molar-refractivity contribution in [2.75, 3.05) is 0 Å². The third kappa shape index (κ3) is 4.57. The second kappa shape index (κ2) is 11.5. The van der Waals surface area contributed by atoms with Crippen molar-refractivity contribution in [2.24, 2.45) is 0 Å². The van der Waals surface area contributed by atoms with E-state index in [1.165, 1.54) is 77.0 Å². The van der Waals surface area contributed by atoms with Crippen LogP contribution >= 0.6 is 0 Å². The number of fused-ring (bicyclic) bond motifs is 6. The van der Waals surface area contributed by atoms with Crippen molar-refractivity contribution < 1.29 is 0 Å². The molecule has 0 fully saturated rings. The molecular formula is C48H32N2. The van der Waals surface area contributed by atoms with Gasteiger partial charge in [-0.2, -0.15) is 0 Å². The highest BCUT2D eigenvalue weighted by Gasteiger charge is 2.18. The normalized spacial score (nSPS) is 11.6. The van der Waals surface area contributed by atoms with Crippen LogP contribution in [0.15, 0.2) is 194 Å². The molecule has 2 heteroatoms. The van der Waals surface area contributed by atoms with E-state index in [-0.39, 0.29) is 0 Å². The standard InChI is InChI=1S/C48H32N2/c1-4-14-33(15-5-1)36-24-26-47-43(30-36)41-20-10-12-22-45(41)49(47)39-28-38(35-18-8-3-9-19-35)29-40(32-39)50-46-23-13-11-21-42(46)44-31-37(25-27-48(44)50)34-16-6-2-7-17-34/h1-32H. The Hall–Kier alpha value is -6.64. The average Bonchev–Trinajstić information content (AvgIpc) is 3.71. The van der Waals surface area contributed by atoms with Gasteiger partial charge in [0.05, 0.1) is 22.1 Å². The third-order valence-corrected chi connectivity index (χ3v) is 10.1. The first kappa shape index (κ1) is 28.4. The molecule has 0 radical (unpaired) electrons. The first-order valence-corrected chi connectivity index (χ1v) is 17.2. The number of rotatable bonds is 5. The summed E-state index contributed by atoms with van der Waals surface area (Å²) in [6, 6.07) is 70.5. The first-order valence-electron chi connectivity index (χ1n) is 17.2. The van der Waals surface area contributed by atoms with Crippen LogP contribution in [0.5, 0.6) is 0 Å². The van der Waals surface area contributed by atoms with Crippen LogP contribution in [-0.4, -0.2) is 9.13 Å². The van der Waals surface area contributed by atoms with E-state index in [9.17, 15) is 0 Å². The molecular weight excluding hydrogens is 605 g/mol. The summed E-state index contributed by atoms with van der Waals surface area (Å²) in [5.41, 5.74) is 14.3. The van der Waals surface area contributed by atoms with Crippen LogP contribution < -0.4 is 0 Å². The van der Waals surface area contributed by atoms with E-state index in [0.717, 1.165) is 11.4 Å². The topological polar surface area (TPSA) is 9.86 Å². The maximum Gasteiger partial charge on any atom is 0.0541 e. The molecule has 234 valence electrons. The van der Waals surface area contributed by atoms with Crippen LogP contribution in [0.1, 0.15) is 0 Å². The summed E-state index contributed by atoms with van der Waals surface area (Å²) in [4.78, 5) is 0. The molecule has 0 spiro atoms. The Labute approximate surface area is 290 Å². The van der Waals surface area contributed by atoms with Crippen LogP contribution in [0.4, 0.5) is 0 Å². The van der Waals surface area contributed by atoms with Gasteiger partial charge in [0.2, 0.25) is 0 Å². The Morgan fingerprint density at radius 1 is 0.220 bits per heavy atom. The minimum Gasteiger partial charge on any atom is -0.309 e. The van der Waals surface area contributed by atoms with E-state index in [1.807, 2.05) is 0 Å². The van der Waals surface area contributed by atoms with Crippen molar-refractivity contribution in [3.8, 4) is 44.8 Å². The molecule has 10 rings (SSSR count). The van der Waals surface area contributed by atoms with Crippen LogP contribution in [0, 0.1) is 0 Å². The van der Waals surface area contributed by atoms with E-state index in [2.05, 4.69) is 203 Å². The fourth-order valence-corrected chi connectivity index (χ4v) is 7.77. The lowest BCUT2D eigenvalue weighted by atomic mass is 10.0. The van der Waals surface area contributed by atoms with Gasteiger partial charge in [-0.15, -0.1) is 0 Å². The quantitative estimate of drug-likeness (QED) is 0.178. The molecule has 2 heterocycles. The number of nitrogens with zero attached hydrogens (tertiary/aromatic N) is 2. The third-order valence-electron chi connectivity index (χ3n) is 10.1. The van der Waals surface area contributed by atoms with Gasteiger partial charge in [-0.05, 0) is 88.0 Å².